The molecule has 0 atom stereocenters. The van der Waals surface area contributed by atoms with Crippen molar-refractivity contribution in [3.05, 3.63) is 241 Å². The van der Waals surface area contributed by atoms with E-state index < -0.39 is 0 Å². The van der Waals surface area contributed by atoms with Crippen LogP contribution < -0.4 is 0 Å². The number of nitrogens with zero attached hydrogens (tertiary/aromatic N) is 8. The quantitative estimate of drug-likeness (QED) is 0.167. The summed E-state index contributed by atoms with van der Waals surface area (Å²) in [6.07, 6.45) is 0. The normalized spacial score (nSPS) is 14.0. The topological polar surface area (TPSA) is 86.1 Å². The Morgan fingerprint density at radius 3 is 1.06 bits per heavy atom. The van der Waals surface area contributed by atoms with Crippen LogP contribution in [0.2, 0.25) is 0 Å². The summed E-state index contributed by atoms with van der Waals surface area (Å²) in [5, 5.41) is 1.97. The van der Waals surface area contributed by atoms with E-state index in [1.807, 2.05) is 60.7 Å². The summed E-state index contributed by atoms with van der Waals surface area (Å²) in [4.78, 5) is 32.0. The summed E-state index contributed by atoms with van der Waals surface area (Å²) < 4.78 is 4.44. The molecule has 0 spiro atoms. The van der Waals surface area contributed by atoms with Crippen LogP contribution in [0.15, 0.2) is 228 Å². The number of rotatable bonds is 6. The highest BCUT2D eigenvalue weighted by atomic mass is 15.1. The summed E-state index contributed by atoms with van der Waals surface area (Å²) in [6, 6.07) is 74.8. The minimum atomic E-state index is 0.683. The molecule has 4 aromatic heterocycles. The number of imidazole rings is 2. The van der Waals surface area contributed by atoms with Gasteiger partial charge in [-0.15, -0.1) is 0 Å². The largest absolute Gasteiger partial charge is 0.292 e. The molecule has 0 radical (unpaired) electrons. The second kappa shape index (κ2) is 15.3. The van der Waals surface area contributed by atoms with Crippen molar-refractivity contribution >= 4 is 66.7 Å². The molecule has 0 N–H and O–H groups in total. The predicted molar refractivity (Wildman–Crippen MR) is 267 cm³/mol. The Hall–Kier alpha value is -9.14. The van der Waals surface area contributed by atoms with Crippen LogP contribution in [-0.4, -0.2) is 40.5 Å². The van der Waals surface area contributed by atoms with Crippen LogP contribution in [0.1, 0.15) is 22.5 Å². The standard InChI is InChI=1S/C58H36N8/c1-3-17-43(18-4-1)65-51-25-13-11-23-47(51)63-57(65)39-31-27-37(28-32-39)53-55-49(35-41-15-7-9-21-45(41)59-55)62-54(56-50(61-53)36-42-16-8-10-22-46(42)60-56)38-29-33-40(34-30-38)58-64-48-24-12-14-26-52(48)66(58)44-19-5-2-6-20-44/h1-36H/b55-53?,56-54?,61-50?,61-53-,62-49?,62-54-. The molecule has 0 saturated carbocycles. The van der Waals surface area contributed by atoms with E-state index in [4.69, 9.17) is 29.9 Å². The second-order valence-corrected chi connectivity index (χ2v) is 16.4. The molecule has 0 saturated heterocycles. The lowest BCUT2D eigenvalue weighted by atomic mass is 9.98. The molecule has 0 bridgehead atoms. The van der Waals surface area contributed by atoms with E-state index in [0.717, 1.165) is 89.2 Å². The average molecular weight is 845 g/mol. The number of aliphatic imine (C=N–C) groups is 2. The van der Waals surface area contributed by atoms with Gasteiger partial charge in [0, 0.05) is 44.4 Å². The monoisotopic (exact) mass is 844 g/mol. The first kappa shape index (κ1) is 37.4. The van der Waals surface area contributed by atoms with Crippen LogP contribution in [-0.2, 0) is 0 Å². The van der Waals surface area contributed by atoms with Gasteiger partial charge >= 0.3 is 0 Å². The maximum Gasteiger partial charge on any atom is 0.145 e. The van der Waals surface area contributed by atoms with E-state index in [9.17, 15) is 0 Å². The molecule has 1 aliphatic heterocycles. The summed E-state index contributed by atoms with van der Waals surface area (Å²) >= 11 is 0. The molecule has 0 aliphatic carbocycles. The lowest BCUT2D eigenvalue weighted by Gasteiger charge is -2.18. The van der Waals surface area contributed by atoms with Crippen LogP contribution in [0.5, 0.6) is 0 Å². The Morgan fingerprint density at radius 2 is 0.636 bits per heavy atom. The molecular weight excluding hydrogens is 809 g/mol. The summed E-state index contributed by atoms with van der Waals surface area (Å²) in [5.74, 6) is 1.72. The zero-order chi connectivity index (χ0) is 43.6. The Labute approximate surface area is 379 Å². The molecule has 1 aliphatic rings. The zero-order valence-electron chi connectivity index (χ0n) is 35.4. The maximum atomic E-state index is 5.56. The SMILES string of the molecule is c1ccc(-n2c(-c3ccc(/C4=N/c5cc6ccccc6nc5/C(c5ccc(-c6nc7ccccc7n6-c6ccccc6)cc5)=N\c5cc6ccccc6nc54)cc3)nc3ccccc32)cc1. The number of hydrogen-bond donors (Lipinski definition) is 0. The first-order chi connectivity index (χ1) is 32.7. The molecule has 0 unspecified atom stereocenters. The molecule has 13 rings (SSSR count). The molecule has 308 valence electrons. The van der Waals surface area contributed by atoms with Crippen molar-refractivity contribution < 1.29 is 0 Å². The van der Waals surface area contributed by atoms with Crippen molar-refractivity contribution in [1.29, 1.82) is 0 Å². The Balaban J connectivity index is 0.983. The third-order valence-corrected chi connectivity index (χ3v) is 12.3. The predicted octanol–water partition coefficient (Wildman–Crippen LogP) is 13.4. The smallest absolute Gasteiger partial charge is 0.145 e. The van der Waals surface area contributed by atoms with Crippen LogP contribution in [0, 0.1) is 0 Å². The number of fused-ring (bicyclic) bond motifs is 6. The van der Waals surface area contributed by atoms with Gasteiger partial charge < -0.3 is 0 Å². The fourth-order valence-corrected chi connectivity index (χ4v) is 9.15. The van der Waals surface area contributed by atoms with E-state index in [2.05, 4.69) is 167 Å². The molecular formula is C58H36N8. The van der Waals surface area contributed by atoms with E-state index in [1.165, 1.54) is 0 Å². The Morgan fingerprint density at radius 1 is 0.288 bits per heavy atom. The van der Waals surface area contributed by atoms with Crippen molar-refractivity contribution in [3.63, 3.8) is 0 Å². The molecule has 0 amide bonds. The van der Waals surface area contributed by atoms with E-state index >= 15 is 0 Å². The third-order valence-electron chi connectivity index (χ3n) is 12.3. The number of pyridine rings is 2. The minimum absolute atomic E-state index is 0.683. The minimum Gasteiger partial charge on any atom is -0.292 e. The number of aromatic nitrogens is 6. The second-order valence-electron chi connectivity index (χ2n) is 16.4. The lowest BCUT2D eigenvalue weighted by Crippen LogP contribution is -2.13. The van der Waals surface area contributed by atoms with Gasteiger partial charge in [0.05, 0.1) is 55.9 Å². The van der Waals surface area contributed by atoms with E-state index in [-0.39, 0.29) is 0 Å². The highest BCUT2D eigenvalue weighted by molar-refractivity contribution is 6.22. The first-order valence-corrected chi connectivity index (χ1v) is 22.0. The highest BCUT2D eigenvalue weighted by Crippen LogP contribution is 2.37. The van der Waals surface area contributed by atoms with Gasteiger partial charge in [0.1, 0.15) is 23.0 Å². The van der Waals surface area contributed by atoms with E-state index in [1.54, 1.807) is 0 Å². The molecule has 8 heteroatoms. The van der Waals surface area contributed by atoms with Crippen LogP contribution in [0.25, 0.3) is 78.0 Å². The summed E-state index contributed by atoms with van der Waals surface area (Å²) in [5.41, 5.74) is 15.7. The van der Waals surface area contributed by atoms with Gasteiger partial charge in [-0.25, -0.2) is 29.9 Å². The first-order valence-electron chi connectivity index (χ1n) is 22.0. The van der Waals surface area contributed by atoms with Gasteiger partial charge in [-0.1, -0.05) is 146 Å². The molecule has 5 heterocycles. The van der Waals surface area contributed by atoms with Crippen molar-refractivity contribution in [1.82, 2.24) is 29.1 Å². The molecule has 12 aromatic rings. The fraction of sp³-hybridized carbons (Fsp3) is 0. The number of benzene rings is 8. The molecule has 8 nitrogen and oxygen atoms in total. The summed E-state index contributed by atoms with van der Waals surface area (Å²) in [6.45, 7) is 0. The van der Waals surface area contributed by atoms with Gasteiger partial charge in [0.25, 0.3) is 0 Å². The van der Waals surface area contributed by atoms with Gasteiger partial charge in [0.15, 0.2) is 0 Å². The number of hydrogen-bond acceptors (Lipinski definition) is 6. The zero-order valence-corrected chi connectivity index (χ0v) is 35.4. The van der Waals surface area contributed by atoms with Gasteiger partial charge in [-0.05, 0) is 72.8 Å². The molecule has 0 fully saturated rings. The fourth-order valence-electron chi connectivity index (χ4n) is 9.15. The van der Waals surface area contributed by atoms with Crippen LogP contribution >= 0.6 is 0 Å². The van der Waals surface area contributed by atoms with Crippen molar-refractivity contribution in [2.75, 3.05) is 0 Å². The average Bonchev–Trinajstić information content (AvgIpc) is 3.97. The van der Waals surface area contributed by atoms with Gasteiger partial charge in [0.2, 0.25) is 0 Å². The third kappa shape index (κ3) is 6.31. The number of para-hydroxylation sites is 8. The lowest BCUT2D eigenvalue weighted by molar-refractivity contribution is 1.10. The van der Waals surface area contributed by atoms with Gasteiger partial charge in [-0.2, -0.15) is 0 Å². The summed E-state index contributed by atoms with van der Waals surface area (Å²) in [7, 11) is 0. The van der Waals surface area contributed by atoms with Crippen molar-refractivity contribution in [3.8, 4) is 34.2 Å². The van der Waals surface area contributed by atoms with Crippen LogP contribution in [0.4, 0.5) is 11.4 Å². The maximum absolute atomic E-state index is 5.56. The Kier molecular flexibility index (Phi) is 8.67. The van der Waals surface area contributed by atoms with Crippen molar-refractivity contribution in [2.24, 2.45) is 9.98 Å². The Bertz CT molecular complexity index is 3650. The van der Waals surface area contributed by atoms with Gasteiger partial charge in [-0.3, -0.25) is 9.13 Å². The molecule has 66 heavy (non-hydrogen) atoms. The van der Waals surface area contributed by atoms with Crippen LogP contribution in [0.3, 0.4) is 0 Å². The highest BCUT2D eigenvalue weighted by Gasteiger charge is 2.25. The van der Waals surface area contributed by atoms with E-state index in [0.29, 0.717) is 34.2 Å². The molecule has 8 aromatic carbocycles. The van der Waals surface area contributed by atoms with Crippen molar-refractivity contribution in [2.45, 2.75) is 0 Å².